The van der Waals surface area contributed by atoms with Crippen LogP contribution in [-0.2, 0) is 0 Å². The van der Waals surface area contributed by atoms with Gasteiger partial charge in [-0.05, 0) is 25.0 Å². The van der Waals surface area contributed by atoms with Crippen molar-refractivity contribution in [1.29, 1.82) is 0 Å². The van der Waals surface area contributed by atoms with Gasteiger partial charge < -0.3 is 10.2 Å². The number of hydrogen-bond acceptors (Lipinski definition) is 3. The fourth-order valence-corrected chi connectivity index (χ4v) is 2.10. The largest absolute Gasteiger partial charge is 0.357 e. The molecular weight excluding hydrogens is 198 g/mol. The molecule has 0 atom stereocenters. The quantitative estimate of drug-likeness (QED) is 0.780. The van der Waals surface area contributed by atoms with Gasteiger partial charge in [0.05, 0.1) is 0 Å². The van der Waals surface area contributed by atoms with Gasteiger partial charge in [0.2, 0.25) is 0 Å². The molecule has 3 heteroatoms. The molecule has 0 amide bonds. The zero-order valence-corrected chi connectivity index (χ0v) is 9.60. The standard InChI is InChI=1S/C13H19N3/c1-2-8-14-12-6-10-16(11-7-12)13-5-3-4-9-15-13/h2-5,9,12,14H,1,6-8,10-11H2. The molecule has 0 saturated carbocycles. The lowest BCUT2D eigenvalue weighted by Gasteiger charge is -2.33. The van der Waals surface area contributed by atoms with E-state index in [1.807, 2.05) is 24.4 Å². The van der Waals surface area contributed by atoms with Gasteiger partial charge in [0.1, 0.15) is 5.82 Å². The molecule has 0 bridgehead atoms. The van der Waals surface area contributed by atoms with Crippen LogP contribution in [0.15, 0.2) is 37.1 Å². The molecule has 1 fully saturated rings. The van der Waals surface area contributed by atoms with E-state index in [-0.39, 0.29) is 0 Å². The van der Waals surface area contributed by atoms with E-state index in [1.165, 1.54) is 12.8 Å². The van der Waals surface area contributed by atoms with E-state index in [1.54, 1.807) is 0 Å². The monoisotopic (exact) mass is 217 g/mol. The lowest BCUT2D eigenvalue weighted by molar-refractivity contribution is 0.429. The molecular formula is C13H19N3. The van der Waals surface area contributed by atoms with Crippen molar-refractivity contribution in [2.75, 3.05) is 24.5 Å². The van der Waals surface area contributed by atoms with Gasteiger partial charge in [-0.1, -0.05) is 12.1 Å². The third-order valence-electron chi connectivity index (χ3n) is 3.02. The number of rotatable bonds is 4. The lowest BCUT2D eigenvalue weighted by Crippen LogP contribution is -2.42. The molecule has 1 saturated heterocycles. The number of pyridine rings is 1. The molecule has 1 aromatic rings. The first-order valence-corrected chi connectivity index (χ1v) is 5.90. The summed E-state index contributed by atoms with van der Waals surface area (Å²) >= 11 is 0. The summed E-state index contributed by atoms with van der Waals surface area (Å²) < 4.78 is 0. The predicted octanol–water partition coefficient (Wildman–Crippen LogP) is 1.83. The van der Waals surface area contributed by atoms with Gasteiger partial charge in [-0.2, -0.15) is 0 Å². The van der Waals surface area contributed by atoms with Crippen LogP contribution in [-0.4, -0.2) is 30.7 Å². The molecule has 16 heavy (non-hydrogen) atoms. The number of aromatic nitrogens is 1. The van der Waals surface area contributed by atoms with E-state index in [0.29, 0.717) is 6.04 Å². The van der Waals surface area contributed by atoms with Crippen molar-refractivity contribution in [3.63, 3.8) is 0 Å². The molecule has 86 valence electrons. The Balaban J connectivity index is 1.83. The van der Waals surface area contributed by atoms with Gasteiger partial charge in [0, 0.05) is 31.9 Å². The average molecular weight is 217 g/mol. The van der Waals surface area contributed by atoms with E-state index >= 15 is 0 Å². The molecule has 3 nitrogen and oxygen atoms in total. The van der Waals surface area contributed by atoms with Gasteiger partial charge >= 0.3 is 0 Å². The van der Waals surface area contributed by atoms with Crippen molar-refractivity contribution in [2.24, 2.45) is 0 Å². The summed E-state index contributed by atoms with van der Waals surface area (Å²) in [6.07, 6.45) is 6.15. The smallest absolute Gasteiger partial charge is 0.128 e. The van der Waals surface area contributed by atoms with Crippen molar-refractivity contribution < 1.29 is 0 Å². The minimum absolute atomic E-state index is 0.637. The Kier molecular flexibility index (Phi) is 3.94. The van der Waals surface area contributed by atoms with Crippen molar-refractivity contribution in [2.45, 2.75) is 18.9 Å². The zero-order chi connectivity index (χ0) is 11.2. The number of anilines is 1. The van der Waals surface area contributed by atoms with Crippen LogP contribution in [0.4, 0.5) is 5.82 Å². The molecule has 1 aromatic heterocycles. The Morgan fingerprint density at radius 2 is 2.25 bits per heavy atom. The molecule has 0 aliphatic carbocycles. The maximum atomic E-state index is 4.38. The minimum atomic E-state index is 0.637. The maximum Gasteiger partial charge on any atom is 0.128 e. The first kappa shape index (κ1) is 11.1. The van der Waals surface area contributed by atoms with Crippen LogP contribution in [0, 0.1) is 0 Å². The molecule has 1 aliphatic rings. The van der Waals surface area contributed by atoms with E-state index in [9.17, 15) is 0 Å². The number of hydrogen-bond donors (Lipinski definition) is 1. The zero-order valence-electron chi connectivity index (χ0n) is 9.60. The molecule has 1 aliphatic heterocycles. The van der Waals surface area contributed by atoms with E-state index < -0.39 is 0 Å². The van der Waals surface area contributed by atoms with Crippen LogP contribution >= 0.6 is 0 Å². The van der Waals surface area contributed by atoms with Crippen molar-refractivity contribution >= 4 is 5.82 Å². The second-order valence-electron chi connectivity index (χ2n) is 4.15. The molecule has 0 unspecified atom stereocenters. The van der Waals surface area contributed by atoms with E-state index in [4.69, 9.17) is 0 Å². The van der Waals surface area contributed by atoms with Gasteiger partial charge in [-0.15, -0.1) is 6.58 Å². The topological polar surface area (TPSA) is 28.2 Å². The fourth-order valence-electron chi connectivity index (χ4n) is 2.10. The average Bonchev–Trinajstić information content (AvgIpc) is 2.38. The first-order valence-electron chi connectivity index (χ1n) is 5.90. The van der Waals surface area contributed by atoms with Crippen LogP contribution < -0.4 is 10.2 Å². The number of piperidine rings is 1. The first-order chi connectivity index (χ1) is 7.90. The van der Waals surface area contributed by atoms with Crippen LogP contribution in [0.2, 0.25) is 0 Å². The Morgan fingerprint density at radius 1 is 1.44 bits per heavy atom. The van der Waals surface area contributed by atoms with Crippen LogP contribution in [0.3, 0.4) is 0 Å². The summed E-state index contributed by atoms with van der Waals surface area (Å²) in [6.45, 7) is 6.81. The highest BCUT2D eigenvalue weighted by atomic mass is 15.2. The van der Waals surface area contributed by atoms with Crippen molar-refractivity contribution in [1.82, 2.24) is 10.3 Å². The number of nitrogens with zero attached hydrogens (tertiary/aromatic N) is 2. The molecule has 0 aromatic carbocycles. The molecule has 2 heterocycles. The Hall–Kier alpha value is -1.35. The summed E-state index contributed by atoms with van der Waals surface area (Å²) in [6, 6.07) is 6.72. The van der Waals surface area contributed by atoms with Crippen LogP contribution in [0.25, 0.3) is 0 Å². The molecule has 0 radical (unpaired) electrons. The van der Waals surface area contributed by atoms with Crippen molar-refractivity contribution in [3.05, 3.63) is 37.1 Å². The number of nitrogens with one attached hydrogen (secondary N) is 1. The van der Waals surface area contributed by atoms with E-state index in [2.05, 4.69) is 27.8 Å². The maximum absolute atomic E-state index is 4.38. The van der Waals surface area contributed by atoms with Gasteiger partial charge in [0.25, 0.3) is 0 Å². The van der Waals surface area contributed by atoms with E-state index in [0.717, 1.165) is 25.5 Å². The Morgan fingerprint density at radius 3 is 2.88 bits per heavy atom. The van der Waals surface area contributed by atoms with Gasteiger partial charge in [0.15, 0.2) is 0 Å². The third kappa shape index (κ3) is 2.83. The second kappa shape index (κ2) is 5.66. The SMILES string of the molecule is C=CCNC1CCN(c2ccccn2)CC1. The third-order valence-corrected chi connectivity index (χ3v) is 3.02. The molecule has 2 rings (SSSR count). The predicted molar refractivity (Wildman–Crippen MR) is 67.7 cm³/mol. The summed E-state index contributed by atoms with van der Waals surface area (Å²) in [5, 5.41) is 3.48. The summed E-state index contributed by atoms with van der Waals surface area (Å²) in [7, 11) is 0. The van der Waals surface area contributed by atoms with Crippen LogP contribution in [0.1, 0.15) is 12.8 Å². The lowest BCUT2D eigenvalue weighted by atomic mass is 10.1. The molecule has 0 spiro atoms. The Labute approximate surface area is 97.2 Å². The highest BCUT2D eigenvalue weighted by molar-refractivity contribution is 5.38. The fraction of sp³-hybridized carbons (Fsp3) is 0.462. The highest BCUT2D eigenvalue weighted by Gasteiger charge is 2.18. The normalized spacial score (nSPS) is 17.4. The van der Waals surface area contributed by atoms with Gasteiger partial charge in [-0.3, -0.25) is 0 Å². The van der Waals surface area contributed by atoms with Gasteiger partial charge in [-0.25, -0.2) is 4.98 Å². The minimum Gasteiger partial charge on any atom is -0.357 e. The van der Waals surface area contributed by atoms with Crippen LogP contribution in [0.5, 0.6) is 0 Å². The summed E-state index contributed by atoms with van der Waals surface area (Å²) in [5.41, 5.74) is 0. The summed E-state index contributed by atoms with van der Waals surface area (Å²) in [5.74, 6) is 1.10. The second-order valence-corrected chi connectivity index (χ2v) is 4.15. The highest BCUT2D eigenvalue weighted by Crippen LogP contribution is 2.16. The summed E-state index contributed by atoms with van der Waals surface area (Å²) in [4.78, 5) is 6.73. The molecule has 1 N–H and O–H groups in total. The van der Waals surface area contributed by atoms with Crippen molar-refractivity contribution in [3.8, 4) is 0 Å². The Bertz CT molecular complexity index is 315.